The summed E-state index contributed by atoms with van der Waals surface area (Å²) in [5.41, 5.74) is 1.35. The first kappa shape index (κ1) is 18.5. The van der Waals surface area contributed by atoms with Crippen molar-refractivity contribution < 1.29 is 34.8 Å². The number of ether oxygens (including phenoxy) is 2. The predicted molar refractivity (Wildman–Crippen MR) is 88.3 cm³/mol. The average molecular weight is 368 g/mol. The van der Waals surface area contributed by atoms with Crippen LogP contribution in [0, 0.1) is 10.1 Å². The van der Waals surface area contributed by atoms with Crippen LogP contribution in [0.3, 0.4) is 0 Å². The van der Waals surface area contributed by atoms with E-state index in [2.05, 4.69) is 4.98 Å². The lowest BCUT2D eigenvalue weighted by Crippen LogP contribution is -2.60. The Kier molecular flexibility index (Phi) is 5.39. The van der Waals surface area contributed by atoms with Gasteiger partial charge >= 0.3 is 0 Å². The van der Waals surface area contributed by atoms with Gasteiger partial charge in [0.1, 0.15) is 30.2 Å². The molecule has 2 heterocycles. The van der Waals surface area contributed by atoms with Crippen molar-refractivity contribution >= 4 is 10.9 Å². The molecule has 0 spiro atoms. The predicted octanol–water partition coefficient (Wildman–Crippen LogP) is -0.834. The minimum atomic E-state index is -1.55. The zero-order valence-corrected chi connectivity index (χ0v) is 13.7. The van der Waals surface area contributed by atoms with Crippen LogP contribution in [0.1, 0.15) is 5.56 Å². The summed E-state index contributed by atoms with van der Waals surface area (Å²) in [6, 6.07) is 5.06. The molecule has 142 valence electrons. The number of hydrogen-bond acceptors (Lipinski definition) is 8. The molecular weight excluding hydrogens is 348 g/mol. The van der Waals surface area contributed by atoms with Gasteiger partial charge in [0.05, 0.1) is 6.61 Å². The molecular formula is C16H20N2O8. The maximum Gasteiger partial charge on any atom is 0.229 e. The van der Waals surface area contributed by atoms with Gasteiger partial charge in [-0.25, -0.2) is 0 Å². The number of aliphatic hydroxyl groups excluding tert-OH is 4. The summed E-state index contributed by atoms with van der Waals surface area (Å²) in [5.74, 6) is 0.298. The van der Waals surface area contributed by atoms with E-state index in [1.54, 1.807) is 24.4 Å². The van der Waals surface area contributed by atoms with Gasteiger partial charge in [-0.2, -0.15) is 0 Å². The standard InChI is InChI=1S/C16H20N2O8/c19-7-11-13(20)14(21)15(22)16(26-11)25-10-3-1-2-9-12(10)8(6-17-9)4-5-18(23)24/h1-3,6,11,13-17,19-22H,4-5,7H2/t11?,13-,14?,15?,16+/m0/s1. The smallest absolute Gasteiger partial charge is 0.229 e. The Hall–Kier alpha value is -2.24. The molecule has 1 aliphatic rings. The number of nitrogens with zero attached hydrogens (tertiary/aromatic N) is 1. The summed E-state index contributed by atoms with van der Waals surface area (Å²) in [4.78, 5) is 13.2. The van der Waals surface area contributed by atoms with Crippen LogP contribution in [-0.4, -0.2) is 74.2 Å². The minimum absolute atomic E-state index is 0.183. The highest BCUT2D eigenvalue weighted by Crippen LogP contribution is 2.32. The zero-order valence-electron chi connectivity index (χ0n) is 13.7. The second kappa shape index (κ2) is 7.56. The summed E-state index contributed by atoms with van der Waals surface area (Å²) >= 11 is 0. The first-order valence-electron chi connectivity index (χ1n) is 8.10. The van der Waals surface area contributed by atoms with E-state index in [-0.39, 0.29) is 13.0 Å². The number of aromatic nitrogens is 1. The summed E-state index contributed by atoms with van der Waals surface area (Å²) in [5, 5.41) is 50.3. The highest BCUT2D eigenvalue weighted by molar-refractivity contribution is 5.89. The molecule has 1 aromatic heterocycles. The van der Waals surface area contributed by atoms with Crippen molar-refractivity contribution in [1.29, 1.82) is 0 Å². The summed E-state index contributed by atoms with van der Waals surface area (Å²) in [6.07, 6.45) is -5.15. The fourth-order valence-corrected chi connectivity index (χ4v) is 3.02. The van der Waals surface area contributed by atoms with Crippen LogP contribution in [-0.2, 0) is 11.2 Å². The first-order chi connectivity index (χ1) is 12.4. The highest BCUT2D eigenvalue weighted by atomic mass is 16.7. The van der Waals surface area contributed by atoms with Crippen LogP contribution in [0.25, 0.3) is 10.9 Å². The van der Waals surface area contributed by atoms with Crippen LogP contribution >= 0.6 is 0 Å². The summed E-state index contributed by atoms with van der Waals surface area (Å²) < 4.78 is 11.0. The van der Waals surface area contributed by atoms with E-state index in [1.807, 2.05) is 0 Å². The fourth-order valence-electron chi connectivity index (χ4n) is 3.02. The lowest BCUT2D eigenvalue weighted by molar-refractivity contribution is -0.479. The first-order valence-corrected chi connectivity index (χ1v) is 8.10. The van der Waals surface area contributed by atoms with E-state index in [1.165, 1.54) is 0 Å². The molecule has 5 atom stereocenters. The number of rotatable bonds is 6. The Bertz CT molecular complexity index is 777. The highest BCUT2D eigenvalue weighted by Gasteiger charge is 2.44. The number of fused-ring (bicyclic) bond motifs is 1. The van der Waals surface area contributed by atoms with Gasteiger partial charge in [0.15, 0.2) is 0 Å². The van der Waals surface area contributed by atoms with Crippen molar-refractivity contribution in [2.75, 3.05) is 13.2 Å². The van der Waals surface area contributed by atoms with Gasteiger partial charge < -0.3 is 34.9 Å². The van der Waals surface area contributed by atoms with Crippen LogP contribution in [0.5, 0.6) is 5.75 Å². The molecule has 5 N–H and O–H groups in total. The van der Waals surface area contributed by atoms with Gasteiger partial charge in [-0.15, -0.1) is 0 Å². The topological polar surface area (TPSA) is 158 Å². The number of hydrogen-bond donors (Lipinski definition) is 5. The quantitative estimate of drug-likeness (QED) is 0.326. The van der Waals surface area contributed by atoms with Gasteiger partial charge in [-0.05, 0) is 17.7 Å². The normalized spacial score (nSPS) is 29.0. The monoisotopic (exact) mass is 368 g/mol. The van der Waals surface area contributed by atoms with Crippen LogP contribution in [0.2, 0.25) is 0 Å². The average Bonchev–Trinajstić information content (AvgIpc) is 3.04. The number of aromatic amines is 1. The number of benzene rings is 1. The molecule has 26 heavy (non-hydrogen) atoms. The zero-order chi connectivity index (χ0) is 18.8. The molecule has 1 aliphatic heterocycles. The van der Waals surface area contributed by atoms with Crippen LogP contribution in [0.4, 0.5) is 0 Å². The Morgan fingerprint density at radius 3 is 2.69 bits per heavy atom. The Morgan fingerprint density at radius 1 is 1.23 bits per heavy atom. The molecule has 3 rings (SSSR count). The molecule has 10 nitrogen and oxygen atoms in total. The summed E-state index contributed by atoms with van der Waals surface area (Å²) in [6.45, 7) is -0.811. The van der Waals surface area contributed by atoms with Crippen LogP contribution < -0.4 is 4.74 Å². The molecule has 0 saturated carbocycles. The Morgan fingerprint density at radius 2 is 2.00 bits per heavy atom. The lowest BCUT2D eigenvalue weighted by atomic mass is 9.99. The SMILES string of the molecule is O=[N+]([O-])CCc1c[nH]c2cccc(O[C@@H]3OC(CO)[C@H](O)C(O)C3O)c12. The van der Waals surface area contributed by atoms with Gasteiger partial charge in [0, 0.05) is 28.4 Å². The van der Waals surface area contributed by atoms with Crippen LogP contribution in [0.15, 0.2) is 24.4 Å². The molecule has 1 aromatic carbocycles. The van der Waals surface area contributed by atoms with Crippen molar-refractivity contribution in [2.24, 2.45) is 0 Å². The van der Waals surface area contributed by atoms with Crippen molar-refractivity contribution in [2.45, 2.75) is 37.1 Å². The number of nitrogens with one attached hydrogen (secondary N) is 1. The third kappa shape index (κ3) is 3.50. The van der Waals surface area contributed by atoms with Gasteiger partial charge in [0.2, 0.25) is 12.8 Å². The van der Waals surface area contributed by atoms with E-state index in [4.69, 9.17) is 9.47 Å². The molecule has 1 fully saturated rings. The molecule has 1 saturated heterocycles. The van der Waals surface area contributed by atoms with E-state index in [9.17, 15) is 30.5 Å². The molecule has 0 radical (unpaired) electrons. The second-order valence-electron chi connectivity index (χ2n) is 6.11. The number of H-pyrrole nitrogens is 1. The fraction of sp³-hybridized carbons (Fsp3) is 0.500. The Labute approximate surface area is 147 Å². The molecule has 0 amide bonds. The van der Waals surface area contributed by atoms with Crippen molar-refractivity contribution in [3.8, 4) is 5.75 Å². The second-order valence-corrected chi connectivity index (χ2v) is 6.11. The maximum atomic E-state index is 10.6. The number of nitro groups is 1. The van der Waals surface area contributed by atoms with E-state index in [0.717, 1.165) is 0 Å². The minimum Gasteiger partial charge on any atom is -0.461 e. The molecule has 3 unspecified atom stereocenters. The van der Waals surface area contributed by atoms with E-state index >= 15 is 0 Å². The molecule has 10 heteroatoms. The summed E-state index contributed by atoms with van der Waals surface area (Å²) in [7, 11) is 0. The van der Waals surface area contributed by atoms with Crippen molar-refractivity contribution in [3.63, 3.8) is 0 Å². The molecule has 2 aromatic rings. The van der Waals surface area contributed by atoms with E-state index in [0.29, 0.717) is 22.2 Å². The largest absolute Gasteiger partial charge is 0.461 e. The number of aliphatic hydroxyl groups is 4. The van der Waals surface area contributed by atoms with E-state index < -0.39 is 42.2 Å². The van der Waals surface area contributed by atoms with Gasteiger partial charge in [0.25, 0.3) is 0 Å². The third-order valence-corrected chi connectivity index (χ3v) is 4.40. The van der Waals surface area contributed by atoms with Crippen molar-refractivity contribution in [3.05, 3.63) is 40.1 Å². The van der Waals surface area contributed by atoms with Gasteiger partial charge in [-0.1, -0.05) is 6.07 Å². The lowest BCUT2D eigenvalue weighted by Gasteiger charge is -2.39. The Balaban J connectivity index is 1.88. The van der Waals surface area contributed by atoms with Crippen molar-refractivity contribution in [1.82, 2.24) is 4.98 Å². The molecule has 0 aliphatic carbocycles. The maximum absolute atomic E-state index is 10.6. The van der Waals surface area contributed by atoms with Gasteiger partial charge in [-0.3, -0.25) is 10.1 Å². The molecule has 0 bridgehead atoms. The third-order valence-electron chi connectivity index (χ3n) is 4.40.